The summed E-state index contributed by atoms with van der Waals surface area (Å²) in [6.07, 6.45) is 0.866. The van der Waals surface area contributed by atoms with Crippen molar-refractivity contribution in [1.82, 2.24) is 5.32 Å². The Hall–Kier alpha value is -1.66. The summed E-state index contributed by atoms with van der Waals surface area (Å²) in [6.45, 7) is 0.931. The molecular formula is C13H16FNO4. The lowest BCUT2D eigenvalue weighted by Gasteiger charge is -2.32. The van der Waals surface area contributed by atoms with Crippen LogP contribution in [0.15, 0.2) is 18.2 Å². The highest BCUT2D eigenvalue weighted by molar-refractivity contribution is 5.96. The summed E-state index contributed by atoms with van der Waals surface area (Å²) >= 11 is 0. The zero-order chi connectivity index (χ0) is 13.9. The van der Waals surface area contributed by atoms with Crippen molar-refractivity contribution in [2.45, 2.75) is 18.4 Å². The second-order valence-corrected chi connectivity index (χ2v) is 4.68. The van der Waals surface area contributed by atoms with Gasteiger partial charge in [0.2, 0.25) is 0 Å². The van der Waals surface area contributed by atoms with E-state index in [9.17, 15) is 19.4 Å². The Morgan fingerprint density at radius 1 is 1.42 bits per heavy atom. The van der Waals surface area contributed by atoms with Gasteiger partial charge >= 0.3 is 0 Å². The minimum atomic E-state index is -1.00. The molecule has 3 N–H and O–H groups in total. The molecule has 5 nitrogen and oxygen atoms in total. The lowest BCUT2D eigenvalue weighted by atomic mass is 9.94. The number of rotatable bonds is 3. The molecule has 1 saturated heterocycles. The Bertz CT molecular complexity index is 472. The minimum Gasteiger partial charge on any atom is -0.507 e. The molecular weight excluding hydrogens is 253 g/mol. The number of benzene rings is 1. The van der Waals surface area contributed by atoms with Crippen molar-refractivity contribution in [2.24, 2.45) is 0 Å². The van der Waals surface area contributed by atoms with Crippen LogP contribution in [0.5, 0.6) is 5.75 Å². The van der Waals surface area contributed by atoms with Gasteiger partial charge in [-0.05, 0) is 18.2 Å². The lowest BCUT2D eigenvalue weighted by Crippen LogP contribution is -2.46. The standard InChI is InChI=1S/C13H16FNO4/c14-9-1-2-11(16)10(7-9)12(17)15-8-13(18)3-5-19-6-4-13/h1-2,7,16,18H,3-6,8H2,(H,15,17). The molecule has 1 fully saturated rings. The zero-order valence-corrected chi connectivity index (χ0v) is 10.4. The smallest absolute Gasteiger partial charge is 0.255 e. The second-order valence-electron chi connectivity index (χ2n) is 4.68. The fourth-order valence-electron chi connectivity index (χ4n) is 1.96. The first-order chi connectivity index (χ1) is 9.00. The van der Waals surface area contributed by atoms with Crippen LogP contribution in [0.3, 0.4) is 0 Å². The van der Waals surface area contributed by atoms with E-state index in [1.54, 1.807) is 0 Å². The summed E-state index contributed by atoms with van der Waals surface area (Å²) < 4.78 is 18.1. The number of aliphatic hydroxyl groups is 1. The summed E-state index contributed by atoms with van der Waals surface area (Å²) in [5.41, 5.74) is -1.15. The van der Waals surface area contributed by atoms with Crippen LogP contribution in [-0.4, -0.2) is 41.5 Å². The quantitative estimate of drug-likeness (QED) is 0.758. The molecule has 1 aromatic carbocycles. The number of carbonyl (C=O) groups excluding carboxylic acids is 1. The molecule has 0 unspecified atom stereocenters. The van der Waals surface area contributed by atoms with Gasteiger partial charge in [-0.25, -0.2) is 4.39 Å². The average Bonchev–Trinajstić information content (AvgIpc) is 2.40. The SMILES string of the molecule is O=C(NCC1(O)CCOCC1)c1cc(F)ccc1O. The fourth-order valence-corrected chi connectivity index (χ4v) is 1.96. The third-order valence-corrected chi connectivity index (χ3v) is 3.20. The van der Waals surface area contributed by atoms with Gasteiger partial charge in [-0.2, -0.15) is 0 Å². The maximum absolute atomic E-state index is 13.0. The summed E-state index contributed by atoms with van der Waals surface area (Å²) in [5.74, 6) is -1.51. The second kappa shape index (κ2) is 5.54. The first-order valence-corrected chi connectivity index (χ1v) is 6.07. The largest absolute Gasteiger partial charge is 0.507 e. The zero-order valence-electron chi connectivity index (χ0n) is 10.4. The predicted molar refractivity (Wildman–Crippen MR) is 65.4 cm³/mol. The molecule has 0 radical (unpaired) electrons. The van der Waals surface area contributed by atoms with Gasteiger partial charge in [0.1, 0.15) is 11.6 Å². The molecule has 0 aliphatic carbocycles. The van der Waals surface area contributed by atoms with Crippen LogP contribution in [0.25, 0.3) is 0 Å². The van der Waals surface area contributed by atoms with Crippen LogP contribution in [0.4, 0.5) is 4.39 Å². The van der Waals surface area contributed by atoms with E-state index < -0.39 is 17.3 Å². The van der Waals surface area contributed by atoms with Crippen molar-refractivity contribution in [2.75, 3.05) is 19.8 Å². The maximum Gasteiger partial charge on any atom is 0.255 e. The van der Waals surface area contributed by atoms with Crippen LogP contribution >= 0.6 is 0 Å². The predicted octanol–water partition coefficient (Wildman–Crippen LogP) is 0.803. The van der Waals surface area contributed by atoms with Crippen molar-refractivity contribution in [3.05, 3.63) is 29.6 Å². The normalized spacial score (nSPS) is 18.0. The third-order valence-electron chi connectivity index (χ3n) is 3.20. The molecule has 0 spiro atoms. The van der Waals surface area contributed by atoms with Crippen molar-refractivity contribution >= 4 is 5.91 Å². The Balaban J connectivity index is 1.99. The van der Waals surface area contributed by atoms with Gasteiger partial charge in [0.05, 0.1) is 11.2 Å². The fraction of sp³-hybridized carbons (Fsp3) is 0.462. The van der Waals surface area contributed by atoms with Crippen molar-refractivity contribution in [1.29, 1.82) is 0 Å². The molecule has 0 saturated carbocycles. The maximum atomic E-state index is 13.0. The van der Waals surface area contributed by atoms with Gasteiger partial charge in [-0.15, -0.1) is 0 Å². The van der Waals surface area contributed by atoms with E-state index in [-0.39, 0.29) is 17.9 Å². The van der Waals surface area contributed by atoms with E-state index in [0.717, 1.165) is 18.2 Å². The van der Waals surface area contributed by atoms with Gasteiger partial charge < -0.3 is 20.3 Å². The van der Waals surface area contributed by atoms with E-state index in [0.29, 0.717) is 26.1 Å². The highest BCUT2D eigenvalue weighted by Gasteiger charge is 2.30. The number of nitrogens with one attached hydrogen (secondary N) is 1. The van der Waals surface area contributed by atoms with Crippen LogP contribution in [0, 0.1) is 5.82 Å². The number of carbonyl (C=O) groups is 1. The van der Waals surface area contributed by atoms with Gasteiger partial charge in [-0.3, -0.25) is 4.79 Å². The molecule has 1 aliphatic rings. The molecule has 2 rings (SSSR count). The first-order valence-electron chi connectivity index (χ1n) is 6.07. The summed E-state index contributed by atoms with van der Waals surface area (Å²) in [4.78, 5) is 11.8. The van der Waals surface area contributed by atoms with E-state index in [1.165, 1.54) is 0 Å². The Morgan fingerprint density at radius 3 is 2.79 bits per heavy atom. The van der Waals surface area contributed by atoms with E-state index in [1.807, 2.05) is 0 Å². The van der Waals surface area contributed by atoms with E-state index in [2.05, 4.69) is 5.32 Å². The number of phenolic OH excluding ortho intramolecular Hbond substituents is 1. The number of phenols is 1. The number of halogens is 1. The molecule has 0 bridgehead atoms. The van der Waals surface area contributed by atoms with Crippen molar-refractivity contribution < 1.29 is 24.1 Å². The molecule has 0 aromatic heterocycles. The average molecular weight is 269 g/mol. The van der Waals surface area contributed by atoms with Crippen LogP contribution < -0.4 is 5.32 Å². The number of ether oxygens (including phenoxy) is 1. The molecule has 1 heterocycles. The summed E-state index contributed by atoms with van der Waals surface area (Å²) in [7, 11) is 0. The molecule has 6 heteroatoms. The van der Waals surface area contributed by atoms with Crippen LogP contribution in [0.2, 0.25) is 0 Å². The van der Waals surface area contributed by atoms with Crippen molar-refractivity contribution in [3.8, 4) is 5.75 Å². The lowest BCUT2D eigenvalue weighted by molar-refractivity contribution is -0.0605. The van der Waals surface area contributed by atoms with Crippen LogP contribution in [-0.2, 0) is 4.74 Å². The van der Waals surface area contributed by atoms with Crippen molar-refractivity contribution in [3.63, 3.8) is 0 Å². The van der Waals surface area contributed by atoms with E-state index in [4.69, 9.17) is 4.74 Å². The Morgan fingerprint density at radius 2 is 2.11 bits per heavy atom. The number of hydrogen-bond donors (Lipinski definition) is 3. The molecule has 1 aliphatic heterocycles. The molecule has 0 atom stereocenters. The Kier molecular flexibility index (Phi) is 4.01. The minimum absolute atomic E-state index is 0.0468. The van der Waals surface area contributed by atoms with Gasteiger partial charge in [0.15, 0.2) is 0 Å². The first kappa shape index (κ1) is 13.8. The molecule has 1 amide bonds. The van der Waals surface area contributed by atoms with Gasteiger partial charge in [0, 0.05) is 32.6 Å². The number of hydrogen-bond acceptors (Lipinski definition) is 4. The van der Waals surface area contributed by atoms with E-state index >= 15 is 0 Å². The third kappa shape index (κ3) is 3.42. The molecule has 19 heavy (non-hydrogen) atoms. The highest BCUT2D eigenvalue weighted by Crippen LogP contribution is 2.21. The van der Waals surface area contributed by atoms with Crippen LogP contribution in [0.1, 0.15) is 23.2 Å². The number of aromatic hydroxyl groups is 1. The van der Waals surface area contributed by atoms with Gasteiger partial charge in [-0.1, -0.05) is 0 Å². The Labute approximate surface area is 110 Å². The molecule has 104 valence electrons. The highest BCUT2D eigenvalue weighted by atomic mass is 19.1. The van der Waals surface area contributed by atoms with Gasteiger partial charge in [0.25, 0.3) is 5.91 Å². The summed E-state index contributed by atoms with van der Waals surface area (Å²) in [5, 5.41) is 22.2. The molecule has 1 aromatic rings. The topological polar surface area (TPSA) is 78.8 Å². The summed E-state index contributed by atoms with van der Waals surface area (Å²) in [6, 6.07) is 3.14. The number of amides is 1. The monoisotopic (exact) mass is 269 g/mol.